The zero-order valence-electron chi connectivity index (χ0n) is 42.8. The monoisotopic (exact) mass is 1040 g/mol. The van der Waals surface area contributed by atoms with E-state index in [0.717, 1.165) is 71.2 Å². The van der Waals surface area contributed by atoms with Gasteiger partial charge in [0.15, 0.2) is 12.6 Å². The fourth-order valence-electron chi connectivity index (χ4n) is 13.9. The molecular weight excluding hydrogens is 972 g/mol. The molecule has 5 aromatic rings. The van der Waals surface area contributed by atoms with Gasteiger partial charge in [0.05, 0.1) is 17.9 Å². The molecule has 1 spiro atoms. The number of rotatable bonds is 15. The molecule has 1 N–H and O–H groups in total. The summed E-state index contributed by atoms with van der Waals surface area (Å²) in [5, 5.41) is 3.94. The number of alkyl halides is 1. The molecule has 12 rings (SSSR count). The maximum absolute atomic E-state index is 17.5. The number of carbonyl (C=O) groups excluding carboxylic acids is 2. The predicted octanol–water partition coefficient (Wildman–Crippen LogP) is 9.27. The zero-order chi connectivity index (χ0) is 51.8. The molecule has 2 aromatic heterocycles. The van der Waals surface area contributed by atoms with Crippen molar-refractivity contribution in [1.29, 1.82) is 0 Å². The fraction of sp³-hybridized carbons (Fsp3) is 0.561. The van der Waals surface area contributed by atoms with Crippen LogP contribution in [-0.2, 0) is 20.7 Å². The molecule has 3 atom stereocenters. The topological polar surface area (TPSA) is 125 Å². The number of benzene rings is 3. The van der Waals surface area contributed by atoms with Crippen molar-refractivity contribution in [2.75, 3.05) is 95.8 Å². The minimum atomic E-state index is -1.28. The number of hydrogen-bond donors (Lipinski definition) is 1. The Balaban J connectivity index is 0.692. The van der Waals surface area contributed by atoms with Gasteiger partial charge in [0.2, 0.25) is 11.8 Å². The second kappa shape index (κ2) is 19.7. The summed E-state index contributed by atoms with van der Waals surface area (Å²) in [4.78, 5) is 47.3. The molecule has 3 saturated carbocycles. The first-order valence-electron chi connectivity index (χ1n) is 27.0. The molecule has 4 aliphatic heterocycles. The molecular formula is C57H65F5N8O5. The van der Waals surface area contributed by atoms with Gasteiger partial charge in [-0.1, -0.05) is 13.0 Å². The van der Waals surface area contributed by atoms with Crippen molar-refractivity contribution in [3.8, 4) is 23.0 Å². The number of piperidine rings is 3. The second-order valence-corrected chi connectivity index (χ2v) is 23.1. The number of methoxy groups -OCH3 is 1. The molecule has 0 radical (unpaired) electrons. The predicted molar refractivity (Wildman–Crippen MR) is 274 cm³/mol. The Hall–Kier alpha value is -5.72. The number of hydrogen-bond acceptors (Lipinski definition) is 12. The van der Waals surface area contributed by atoms with E-state index in [1.54, 1.807) is 24.4 Å². The third-order valence-corrected chi connectivity index (χ3v) is 17.9. The van der Waals surface area contributed by atoms with Crippen molar-refractivity contribution in [3.05, 3.63) is 77.0 Å². The molecule has 75 heavy (non-hydrogen) atoms. The first-order valence-corrected chi connectivity index (χ1v) is 27.0. The van der Waals surface area contributed by atoms with Crippen LogP contribution in [0, 0.1) is 45.9 Å². The number of likely N-dealkylation sites (tertiary alicyclic amines) is 1. The standard InChI is InChI=1S/C57H65F5N8O5/c1-3-39-43(58)8-6-36-21-38(75-33-73-2)24-41(47(36)39)50-49(61)51-42(25-63-50)52(70-26-34-4-5-35(20-34)27-70)66-54(65-51)74-32-56(10-11-56)30-67-14-12-55(13-15-67)28-57(62,29-55)31-68-16-18-69(19-17-68)37-22-44(59)48(45(60)23-37)40-7-9-46(71)64-53(40)72/h6,8,21-25,34-35,40H,3-5,7,9-20,26-33H2,1-2H3,(H,64,71,72). The molecule has 7 aliphatic rings. The third kappa shape index (κ3) is 9.76. The molecule has 7 fully saturated rings. The Morgan fingerprint density at radius 2 is 1.52 bits per heavy atom. The largest absolute Gasteiger partial charge is 0.468 e. The quantitative estimate of drug-likeness (QED) is 0.0611. The number of halogens is 5. The first kappa shape index (κ1) is 50.1. The van der Waals surface area contributed by atoms with Gasteiger partial charge in [0.25, 0.3) is 0 Å². The number of piperazine rings is 1. The second-order valence-electron chi connectivity index (χ2n) is 23.1. The Labute approximate surface area is 433 Å². The Morgan fingerprint density at radius 1 is 0.800 bits per heavy atom. The van der Waals surface area contributed by atoms with Crippen LogP contribution in [0.2, 0.25) is 0 Å². The highest BCUT2D eigenvalue weighted by atomic mass is 19.2. The molecule has 13 nitrogen and oxygen atoms in total. The molecule has 3 unspecified atom stereocenters. The molecule has 2 bridgehead atoms. The molecule has 18 heteroatoms. The zero-order valence-corrected chi connectivity index (χ0v) is 42.8. The van der Waals surface area contributed by atoms with E-state index in [9.17, 15) is 9.59 Å². The number of carbonyl (C=O) groups is 2. The molecule has 3 aliphatic carbocycles. The first-order chi connectivity index (χ1) is 36.2. The van der Waals surface area contributed by atoms with Crippen LogP contribution in [0.1, 0.15) is 94.6 Å². The van der Waals surface area contributed by atoms with Gasteiger partial charge in [0.1, 0.15) is 45.9 Å². The van der Waals surface area contributed by atoms with E-state index in [1.165, 1.54) is 31.7 Å². The summed E-state index contributed by atoms with van der Waals surface area (Å²) in [6, 6.07) is 9.22. The Kier molecular flexibility index (Phi) is 13.2. The van der Waals surface area contributed by atoms with E-state index >= 15 is 22.0 Å². The van der Waals surface area contributed by atoms with Crippen LogP contribution < -0.4 is 24.6 Å². The normalized spacial score (nSPS) is 24.2. The molecule has 6 heterocycles. The van der Waals surface area contributed by atoms with Gasteiger partial charge in [-0.2, -0.15) is 9.97 Å². The van der Waals surface area contributed by atoms with Crippen molar-refractivity contribution in [1.82, 2.24) is 30.1 Å². The lowest BCUT2D eigenvalue weighted by atomic mass is 9.55. The van der Waals surface area contributed by atoms with Crippen LogP contribution in [0.3, 0.4) is 0 Å². The van der Waals surface area contributed by atoms with Gasteiger partial charge >= 0.3 is 6.01 Å². The summed E-state index contributed by atoms with van der Waals surface area (Å²) in [7, 11) is 1.52. The minimum absolute atomic E-state index is 0.0215. The highest BCUT2D eigenvalue weighted by Gasteiger charge is 2.57. The van der Waals surface area contributed by atoms with E-state index in [2.05, 4.69) is 20.0 Å². The van der Waals surface area contributed by atoms with Crippen LogP contribution in [0.25, 0.3) is 32.9 Å². The van der Waals surface area contributed by atoms with Crippen LogP contribution in [-0.4, -0.2) is 128 Å². The Morgan fingerprint density at radius 3 is 2.20 bits per heavy atom. The number of imide groups is 1. The van der Waals surface area contributed by atoms with Gasteiger partial charge in [-0.25, -0.2) is 22.0 Å². The number of fused-ring (bicyclic) bond motifs is 4. The van der Waals surface area contributed by atoms with Crippen LogP contribution in [0.5, 0.6) is 11.8 Å². The number of aromatic nitrogens is 3. The molecule has 4 saturated heterocycles. The number of pyridine rings is 1. The fourth-order valence-corrected chi connectivity index (χ4v) is 13.9. The SMILES string of the molecule is CCc1c(F)ccc2cc(OCOC)cc(-c3ncc4c(N5CC6CCC(C6)C5)nc(OCC5(CN6CCC7(CC6)CC(F)(CN6CCN(c8cc(F)c(C9CCC(=O)NC9=O)c(F)c8)CC6)C7)CC5)nc4c3F)c12. The molecule has 2 amide bonds. The van der Waals surface area contributed by atoms with Gasteiger partial charge in [0, 0.05) is 94.3 Å². The minimum Gasteiger partial charge on any atom is -0.468 e. The maximum Gasteiger partial charge on any atom is 0.319 e. The van der Waals surface area contributed by atoms with Crippen molar-refractivity contribution in [2.45, 2.75) is 95.6 Å². The summed E-state index contributed by atoms with van der Waals surface area (Å²) in [5.41, 5.74) is -0.347. The van der Waals surface area contributed by atoms with E-state index in [4.69, 9.17) is 29.2 Å². The number of nitrogens with one attached hydrogen (secondary N) is 1. The number of anilines is 2. The average Bonchev–Trinajstić information content (AvgIpc) is 4.08. The van der Waals surface area contributed by atoms with E-state index in [-0.39, 0.29) is 59.1 Å². The van der Waals surface area contributed by atoms with E-state index in [0.29, 0.717) is 115 Å². The summed E-state index contributed by atoms with van der Waals surface area (Å²) in [6.07, 6.45) is 10.5. The number of nitrogens with zero attached hydrogens (tertiary/aromatic N) is 7. The number of amides is 2. The average molecular weight is 1040 g/mol. The highest BCUT2D eigenvalue weighted by molar-refractivity contribution is 6.02. The lowest BCUT2D eigenvalue weighted by Gasteiger charge is -2.57. The smallest absolute Gasteiger partial charge is 0.319 e. The number of ether oxygens (including phenoxy) is 3. The lowest BCUT2D eigenvalue weighted by molar-refractivity contribution is -0.134. The number of aryl methyl sites for hydroxylation is 1. The van der Waals surface area contributed by atoms with Crippen molar-refractivity contribution < 1.29 is 45.8 Å². The highest BCUT2D eigenvalue weighted by Crippen LogP contribution is 2.58. The van der Waals surface area contributed by atoms with Gasteiger partial charge < -0.3 is 28.9 Å². The van der Waals surface area contributed by atoms with Crippen molar-refractivity contribution in [2.24, 2.45) is 22.7 Å². The lowest BCUT2D eigenvalue weighted by Crippen LogP contribution is -2.60. The van der Waals surface area contributed by atoms with Crippen LogP contribution in [0.4, 0.5) is 33.5 Å². The maximum atomic E-state index is 17.5. The van der Waals surface area contributed by atoms with Gasteiger partial charge in [-0.05, 0) is 148 Å². The molecule has 3 aromatic carbocycles. The van der Waals surface area contributed by atoms with Crippen LogP contribution >= 0.6 is 0 Å². The third-order valence-electron chi connectivity index (χ3n) is 17.9. The van der Waals surface area contributed by atoms with E-state index in [1.807, 2.05) is 11.8 Å². The van der Waals surface area contributed by atoms with Crippen molar-refractivity contribution in [3.63, 3.8) is 0 Å². The van der Waals surface area contributed by atoms with Crippen LogP contribution in [0.15, 0.2) is 42.6 Å². The summed E-state index contributed by atoms with van der Waals surface area (Å²) >= 11 is 0. The van der Waals surface area contributed by atoms with Crippen molar-refractivity contribution >= 4 is 45.0 Å². The summed E-state index contributed by atoms with van der Waals surface area (Å²) in [5.74, 6) is -2.68. The summed E-state index contributed by atoms with van der Waals surface area (Å²) in [6.45, 7) is 8.88. The van der Waals surface area contributed by atoms with Gasteiger partial charge in [-0.3, -0.25) is 24.8 Å². The molecule has 398 valence electrons. The summed E-state index contributed by atoms with van der Waals surface area (Å²) < 4.78 is 97.5. The van der Waals surface area contributed by atoms with Gasteiger partial charge in [-0.15, -0.1) is 0 Å². The van der Waals surface area contributed by atoms with E-state index < -0.39 is 40.9 Å². The Bertz CT molecular complexity index is 3010.